The number of aryl methyl sites for hydroxylation is 1. The molecule has 0 fully saturated rings. The minimum absolute atomic E-state index is 0.193. The first-order chi connectivity index (χ1) is 13.2. The van der Waals surface area contributed by atoms with Crippen molar-refractivity contribution in [3.8, 4) is 11.5 Å². The van der Waals surface area contributed by atoms with Crippen molar-refractivity contribution in [1.29, 1.82) is 0 Å². The Hall–Kier alpha value is -3.27. The van der Waals surface area contributed by atoms with Crippen LogP contribution in [-0.4, -0.2) is 18.6 Å². The van der Waals surface area contributed by atoms with Crippen LogP contribution < -0.4 is 14.8 Å². The SMILES string of the molecule is Cc1ccc([C@@H](NC(=O)[C@H]2COc3ccccc3O2)c2ccccc2)cc1. The molecule has 0 aliphatic carbocycles. The van der Waals surface area contributed by atoms with Crippen LogP contribution in [0.1, 0.15) is 22.7 Å². The molecular formula is C23H21NO3. The molecule has 3 aromatic rings. The first-order valence-corrected chi connectivity index (χ1v) is 9.01. The van der Waals surface area contributed by atoms with Gasteiger partial charge in [-0.2, -0.15) is 0 Å². The number of hydrogen-bond donors (Lipinski definition) is 1. The Labute approximate surface area is 158 Å². The molecule has 2 atom stereocenters. The monoisotopic (exact) mass is 359 g/mol. The highest BCUT2D eigenvalue weighted by Crippen LogP contribution is 2.31. The fourth-order valence-corrected chi connectivity index (χ4v) is 3.15. The van der Waals surface area contributed by atoms with Gasteiger partial charge < -0.3 is 14.8 Å². The predicted molar refractivity (Wildman–Crippen MR) is 104 cm³/mol. The third-order valence-corrected chi connectivity index (χ3v) is 4.63. The number of rotatable bonds is 4. The summed E-state index contributed by atoms with van der Waals surface area (Å²) in [4.78, 5) is 12.9. The van der Waals surface area contributed by atoms with Gasteiger partial charge in [0.25, 0.3) is 5.91 Å². The largest absolute Gasteiger partial charge is 0.485 e. The number of benzene rings is 3. The van der Waals surface area contributed by atoms with Crippen LogP contribution in [0, 0.1) is 6.92 Å². The minimum Gasteiger partial charge on any atom is -0.485 e. The summed E-state index contributed by atoms with van der Waals surface area (Å²) in [7, 11) is 0. The highest BCUT2D eigenvalue weighted by molar-refractivity contribution is 5.82. The fraction of sp³-hybridized carbons (Fsp3) is 0.174. The van der Waals surface area contributed by atoms with Crippen LogP contribution in [0.3, 0.4) is 0 Å². The number of carbonyl (C=O) groups is 1. The molecular weight excluding hydrogens is 338 g/mol. The van der Waals surface area contributed by atoms with Gasteiger partial charge in [0.2, 0.25) is 6.10 Å². The van der Waals surface area contributed by atoms with Gasteiger partial charge in [0.1, 0.15) is 6.61 Å². The van der Waals surface area contributed by atoms with Crippen molar-refractivity contribution in [2.75, 3.05) is 6.61 Å². The zero-order valence-corrected chi connectivity index (χ0v) is 15.1. The van der Waals surface area contributed by atoms with E-state index in [1.807, 2.05) is 85.8 Å². The number of hydrogen-bond acceptors (Lipinski definition) is 3. The summed E-state index contributed by atoms with van der Waals surface area (Å²) >= 11 is 0. The second kappa shape index (κ2) is 7.54. The van der Waals surface area contributed by atoms with Crippen molar-refractivity contribution in [3.63, 3.8) is 0 Å². The van der Waals surface area contributed by atoms with E-state index in [0.29, 0.717) is 11.5 Å². The zero-order valence-electron chi connectivity index (χ0n) is 15.1. The molecule has 0 bridgehead atoms. The van der Waals surface area contributed by atoms with Crippen LogP contribution in [-0.2, 0) is 4.79 Å². The predicted octanol–water partition coefficient (Wildman–Crippen LogP) is 4.04. The van der Waals surface area contributed by atoms with Crippen LogP contribution in [0.15, 0.2) is 78.9 Å². The standard InChI is InChI=1S/C23H21NO3/c1-16-11-13-18(14-12-16)22(17-7-3-2-4-8-17)24-23(25)21-15-26-19-9-5-6-10-20(19)27-21/h2-14,21-22H,15H2,1H3,(H,24,25)/t21-,22+/m1/s1. The number of fused-ring (bicyclic) bond motifs is 1. The van der Waals surface area contributed by atoms with Gasteiger partial charge in [0, 0.05) is 0 Å². The first-order valence-electron chi connectivity index (χ1n) is 9.01. The molecule has 0 aromatic heterocycles. The number of para-hydroxylation sites is 2. The van der Waals surface area contributed by atoms with E-state index in [2.05, 4.69) is 5.32 Å². The van der Waals surface area contributed by atoms with Gasteiger partial charge in [-0.3, -0.25) is 4.79 Å². The van der Waals surface area contributed by atoms with E-state index >= 15 is 0 Å². The van der Waals surface area contributed by atoms with Crippen molar-refractivity contribution in [3.05, 3.63) is 95.6 Å². The molecule has 3 aromatic carbocycles. The summed E-state index contributed by atoms with van der Waals surface area (Å²) < 4.78 is 11.5. The van der Waals surface area contributed by atoms with Crippen LogP contribution in [0.4, 0.5) is 0 Å². The quantitative estimate of drug-likeness (QED) is 0.765. The molecule has 136 valence electrons. The Morgan fingerprint density at radius 3 is 2.26 bits per heavy atom. The van der Waals surface area contributed by atoms with Gasteiger partial charge in [-0.05, 0) is 30.2 Å². The van der Waals surface area contributed by atoms with Crippen LogP contribution >= 0.6 is 0 Å². The Bertz CT molecular complexity index is 922. The van der Waals surface area contributed by atoms with Crippen LogP contribution in [0.5, 0.6) is 11.5 Å². The average molecular weight is 359 g/mol. The second-order valence-electron chi connectivity index (χ2n) is 6.63. The Balaban J connectivity index is 1.57. The maximum absolute atomic E-state index is 12.9. The van der Waals surface area contributed by atoms with E-state index in [9.17, 15) is 4.79 Å². The van der Waals surface area contributed by atoms with Crippen molar-refractivity contribution >= 4 is 5.91 Å². The van der Waals surface area contributed by atoms with E-state index in [1.165, 1.54) is 5.56 Å². The number of amides is 1. The van der Waals surface area contributed by atoms with E-state index < -0.39 is 6.10 Å². The van der Waals surface area contributed by atoms with Crippen molar-refractivity contribution in [1.82, 2.24) is 5.32 Å². The molecule has 1 heterocycles. The lowest BCUT2D eigenvalue weighted by Crippen LogP contribution is -2.45. The summed E-state index contributed by atoms with van der Waals surface area (Å²) in [6.07, 6.45) is -0.684. The summed E-state index contributed by atoms with van der Waals surface area (Å²) in [5, 5.41) is 3.13. The Morgan fingerprint density at radius 1 is 0.889 bits per heavy atom. The van der Waals surface area contributed by atoms with Crippen molar-refractivity contribution in [2.45, 2.75) is 19.1 Å². The Morgan fingerprint density at radius 2 is 1.52 bits per heavy atom. The van der Waals surface area contributed by atoms with Crippen LogP contribution in [0.25, 0.3) is 0 Å². The zero-order chi connectivity index (χ0) is 18.6. The molecule has 27 heavy (non-hydrogen) atoms. The summed E-state index contributed by atoms with van der Waals surface area (Å²) in [5.41, 5.74) is 3.22. The normalized spacial score (nSPS) is 16.4. The molecule has 0 spiro atoms. The lowest BCUT2D eigenvalue weighted by atomic mass is 9.97. The molecule has 4 heteroatoms. The van der Waals surface area contributed by atoms with Gasteiger partial charge >= 0.3 is 0 Å². The first kappa shape index (κ1) is 17.2. The number of carbonyl (C=O) groups excluding carboxylic acids is 1. The van der Waals surface area contributed by atoms with Crippen molar-refractivity contribution in [2.24, 2.45) is 0 Å². The maximum atomic E-state index is 12.9. The van der Waals surface area contributed by atoms with Crippen LogP contribution in [0.2, 0.25) is 0 Å². The minimum atomic E-state index is -0.684. The van der Waals surface area contributed by atoms with Crippen molar-refractivity contribution < 1.29 is 14.3 Å². The number of nitrogens with one attached hydrogen (secondary N) is 1. The topological polar surface area (TPSA) is 47.6 Å². The maximum Gasteiger partial charge on any atom is 0.265 e. The molecule has 0 radical (unpaired) electrons. The molecule has 0 saturated heterocycles. The van der Waals surface area contributed by atoms with Gasteiger partial charge in [-0.15, -0.1) is 0 Å². The van der Waals surface area contributed by atoms with Gasteiger partial charge in [-0.25, -0.2) is 0 Å². The third-order valence-electron chi connectivity index (χ3n) is 4.63. The second-order valence-corrected chi connectivity index (χ2v) is 6.63. The molecule has 4 nitrogen and oxygen atoms in total. The summed E-state index contributed by atoms with van der Waals surface area (Å²) in [6, 6.07) is 25.3. The van der Waals surface area contributed by atoms with Gasteiger partial charge in [0.05, 0.1) is 6.04 Å². The highest BCUT2D eigenvalue weighted by atomic mass is 16.6. The summed E-state index contributed by atoms with van der Waals surface area (Å²) in [6.45, 7) is 2.24. The van der Waals surface area contributed by atoms with E-state index in [-0.39, 0.29) is 18.6 Å². The summed E-state index contributed by atoms with van der Waals surface area (Å²) in [5.74, 6) is 1.06. The molecule has 0 saturated carbocycles. The fourth-order valence-electron chi connectivity index (χ4n) is 3.15. The molecule has 1 amide bonds. The Kier molecular flexibility index (Phi) is 4.79. The molecule has 0 unspecified atom stereocenters. The van der Waals surface area contributed by atoms with Gasteiger partial charge in [-0.1, -0.05) is 72.3 Å². The van der Waals surface area contributed by atoms with E-state index in [0.717, 1.165) is 11.1 Å². The third kappa shape index (κ3) is 3.80. The lowest BCUT2D eigenvalue weighted by molar-refractivity contribution is -0.130. The van der Waals surface area contributed by atoms with E-state index in [1.54, 1.807) is 0 Å². The average Bonchev–Trinajstić information content (AvgIpc) is 2.73. The molecule has 1 aliphatic rings. The smallest absolute Gasteiger partial charge is 0.265 e. The molecule has 4 rings (SSSR count). The number of ether oxygens (including phenoxy) is 2. The molecule has 1 aliphatic heterocycles. The highest BCUT2D eigenvalue weighted by Gasteiger charge is 2.29. The van der Waals surface area contributed by atoms with Gasteiger partial charge in [0.15, 0.2) is 11.5 Å². The lowest BCUT2D eigenvalue weighted by Gasteiger charge is -2.28. The molecule has 1 N–H and O–H groups in total. The van der Waals surface area contributed by atoms with E-state index in [4.69, 9.17) is 9.47 Å².